The molecule has 10 nitrogen and oxygen atoms in total. The van der Waals surface area contributed by atoms with Crippen LogP contribution in [0, 0.1) is 17.0 Å². The van der Waals surface area contributed by atoms with Crippen molar-refractivity contribution in [1.29, 1.82) is 0 Å². The molecule has 0 saturated carbocycles. The minimum Gasteiger partial charge on any atom is -0.490 e. The largest absolute Gasteiger partial charge is 0.490 e. The standard InChI is InChI=1S/C29H29N3O7S/c1-5-36-23-17-20(18-24(37-6-2)26(23)38-7-3)29(33)39-28-27(40-25-16-12-11-15-22(25)32(34)35)19(4)30-31(28)21-13-9-8-10-14-21/h8-18H,5-7H2,1-4H3. The van der Waals surface area contributed by atoms with Gasteiger partial charge in [-0.15, -0.1) is 0 Å². The van der Waals surface area contributed by atoms with Crippen LogP contribution in [0.25, 0.3) is 5.69 Å². The van der Waals surface area contributed by atoms with Gasteiger partial charge in [-0.05, 0) is 58.0 Å². The van der Waals surface area contributed by atoms with Crippen molar-refractivity contribution >= 4 is 23.4 Å². The second kappa shape index (κ2) is 13.0. The second-order valence-corrected chi connectivity index (χ2v) is 9.34. The fourth-order valence-corrected chi connectivity index (χ4v) is 4.92. The lowest BCUT2D eigenvalue weighted by atomic mass is 10.2. The molecule has 0 amide bonds. The molecule has 4 aromatic rings. The normalized spacial score (nSPS) is 10.7. The van der Waals surface area contributed by atoms with Gasteiger partial charge in [-0.1, -0.05) is 42.1 Å². The van der Waals surface area contributed by atoms with Crippen LogP contribution in [0.4, 0.5) is 5.69 Å². The van der Waals surface area contributed by atoms with Gasteiger partial charge in [0, 0.05) is 6.07 Å². The third-order valence-electron chi connectivity index (χ3n) is 5.57. The molecule has 0 fully saturated rings. The number of carbonyl (C=O) groups excluding carboxylic acids is 1. The maximum Gasteiger partial charge on any atom is 0.345 e. The highest BCUT2D eigenvalue weighted by Crippen LogP contribution is 2.43. The molecular weight excluding hydrogens is 534 g/mol. The highest BCUT2D eigenvalue weighted by Gasteiger charge is 2.27. The van der Waals surface area contributed by atoms with Gasteiger partial charge in [0.2, 0.25) is 11.6 Å². The summed E-state index contributed by atoms with van der Waals surface area (Å²) in [7, 11) is 0. The highest BCUT2D eigenvalue weighted by atomic mass is 32.2. The molecule has 0 aliphatic carbocycles. The van der Waals surface area contributed by atoms with E-state index in [1.807, 2.05) is 51.1 Å². The van der Waals surface area contributed by atoms with Crippen LogP contribution in [0.2, 0.25) is 0 Å². The lowest BCUT2D eigenvalue weighted by Crippen LogP contribution is -2.13. The summed E-state index contributed by atoms with van der Waals surface area (Å²) in [5, 5.41) is 16.3. The van der Waals surface area contributed by atoms with Gasteiger partial charge in [0.25, 0.3) is 5.69 Å². The highest BCUT2D eigenvalue weighted by molar-refractivity contribution is 7.99. The molecular formula is C29H29N3O7S. The first-order valence-corrected chi connectivity index (χ1v) is 13.5. The number of benzene rings is 3. The van der Waals surface area contributed by atoms with Crippen molar-refractivity contribution in [2.75, 3.05) is 19.8 Å². The number of aromatic nitrogens is 2. The van der Waals surface area contributed by atoms with Gasteiger partial charge in [0.05, 0.1) is 51.5 Å². The number of hydrogen-bond donors (Lipinski definition) is 0. The van der Waals surface area contributed by atoms with E-state index in [4.69, 9.17) is 18.9 Å². The fraction of sp³-hybridized carbons (Fsp3) is 0.241. The molecule has 11 heteroatoms. The number of nitro benzene ring substituents is 1. The van der Waals surface area contributed by atoms with E-state index in [9.17, 15) is 14.9 Å². The van der Waals surface area contributed by atoms with Gasteiger partial charge in [0.15, 0.2) is 11.5 Å². The van der Waals surface area contributed by atoms with Crippen LogP contribution in [0.5, 0.6) is 23.1 Å². The number of esters is 1. The molecule has 1 aromatic heterocycles. The first-order chi connectivity index (χ1) is 19.4. The molecule has 0 aliphatic heterocycles. The van der Waals surface area contributed by atoms with Crippen molar-refractivity contribution in [3.05, 3.63) is 88.1 Å². The van der Waals surface area contributed by atoms with Crippen LogP contribution in [0.1, 0.15) is 36.8 Å². The molecule has 0 radical (unpaired) electrons. The Bertz CT molecular complexity index is 1480. The molecule has 208 valence electrons. The molecule has 0 N–H and O–H groups in total. The zero-order valence-corrected chi connectivity index (χ0v) is 23.4. The Morgan fingerprint density at radius 3 is 2.12 bits per heavy atom. The molecule has 0 aliphatic rings. The van der Waals surface area contributed by atoms with E-state index < -0.39 is 10.9 Å². The maximum atomic E-state index is 13.6. The fourth-order valence-electron chi connectivity index (χ4n) is 3.90. The predicted octanol–water partition coefficient (Wildman–Crippen LogP) is 6.66. The average molecular weight is 564 g/mol. The molecule has 0 spiro atoms. The average Bonchev–Trinajstić information content (AvgIpc) is 3.25. The second-order valence-electron chi connectivity index (χ2n) is 8.28. The zero-order chi connectivity index (χ0) is 28.6. The van der Waals surface area contributed by atoms with Crippen molar-refractivity contribution in [2.24, 2.45) is 0 Å². The Balaban J connectivity index is 1.81. The Morgan fingerprint density at radius 1 is 0.925 bits per heavy atom. The summed E-state index contributed by atoms with van der Waals surface area (Å²) in [4.78, 5) is 25.7. The van der Waals surface area contributed by atoms with Gasteiger partial charge in [-0.2, -0.15) is 9.78 Å². The number of nitrogens with zero attached hydrogens (tertiary/aromatic N) is 3. The van der Waals surface area contributed by atoms with E-state index in [0.29, 0.717) is 58.2 Å². The van der Waals surface area contributed by atoms with E-state index in [2.05, 4.69) is 5.10 Å². The SMILES string of the molecule is CCOc1cc(C(=O)Oc2c(Sc3ccccc3[N+](=O)[O-])c(C)nn2-c2ccccc2)cc(OCC)c1OCC. The molecule has 3 aromatic carbocycles. The first-order valence-electron chi connectivity index (χ1n) is 12.7. The number of hydrogen-bond acceptors (Lipinski definition) is 9. The topological polar surface area (TPSA) is 115 Å². The third-order valence-corrected chi connectivity index (χ3v) is 6.81. The van der Waals surface area contributed by atoms with E-state index in [1.54, 1.807) is 37.3 Å². The zero-order valence-electron chi connectivity index (χ0n) is 22.6. The number of rotatable bonds is 12. The summed E-state index contributed by atoms with van der Waals surface area (Å²) in [5.41, 5.74) is 1.30. The summed E-state index contributed by atoms with van der Waals surface area (Å²) in [6.45, 7) is 8.33. The molecule has 1 heterocycles. The summed E-state index contributed by atoms with van der Waals surface area (Å²) in [5.74, 6) is 0.544. The lowest BCUT2D eigenvalue weighted by molar-refractivity contribution is -0.387. The van der Waals surface area contributed by atoms with E-state index in [0.717, 1.165) is 11.8 Å². The van der Waals surface area contributed by atoms with Crippen LogP contribution in [0.3, 0.4) is 0 Å². The van der Waals surface area contributed by atoms with Crippen molar-refractivity contribution in [2.45, 2.75) is 37.5 Å². The van der Waals surface area contributed by atoms with Crippen LogP contribution in [-0.2, 0) is 0 Å². The van der Waals surface area contributed by atoms with Crippen LogP contribution in [-0.4, -0.2) is 40.5 Å². The Labute approximate surface area is 236 Å². The number of nitro groups is 1. The van der Waals surface area contributed by atoms with Gasteiger partial charge in [-0.25, -0.2) is 4.79 Å². The minimum absolute atomic E-state index is 0.0640. The van der Waals surface area contributed by atoms with Crippen molar-refractivity contribution in [3.63, 3.8) is 0 Å². The Hall–Kier alpha value is -4.51. The van der Waals surface area contributed by atoms with Crippen LogP contribution < -0.4 is 18.9 Å². The van der Waals surface area contributed by atoms with Gasteiger partial charge >= 0.3 is 5.97 Å². The molecule has 0 bridgehead atoms. The summed E-state index contributed by atoms with van der Waals surface area (Å²) in [6, 6.07) is 18.6. The molecule has 0 unspecified atom stereocenters. The first kappa shape index (κ1) is 28.5. The Morgan fingerprint density at radius 2 is 1.52 bits per heavy atom. The van der Waals surface area contributed by atoms with Crippen LogP contribution in [0.15, 0.2) is 76.5 Å². The predicted molar refractivity (Wildman–Crippen MR) is 150 cm³/mol. The lowest BCUT2D eigenvalue weighted by Gasteiger charge is -2.17. The molecule has 4 rings (SSSR count). The molecule has 0 atom stereocenters. The van der Waals surface area contributed by atoms with Crippen molar-refractivity contribution < 1.29 is 28.7 Å². The van der Waals surface area contributed by atoms with E-state index in [-0.39, 0.29) is 17.1 Å². The smallest absolute Gasteiger partial charge is 0.345 e. The van der Waals surface area contributed by atoms with Gasteiger partial charge in [-0.3, -0.25) is 10.1 Å². The maximum absolute atomic E-state index is 13.6. The number of ether oxygens (including phenoxy) is 4. The van der Waals surface area contributed by atoms with Gasteiger partial charge in [0.1, 0.15) is 0 Å². The Kier molecular flexibility index (Phi) is 9.28. The van der Waals surface area contributed by atoms with E-state index in [1.165, 1.54) is 10.7 Å². The van der Waals surface area contributed by atoms with Crippen molar-refractivity contribution in [1.82, 2.24) is 9.78 Å². The number of carbonyl (C=O) groups is 1. The third kappa shape index (κ3) is 6.20. The minimum atomic E-state index is -0.688. The molecule has 0 saturated heterocycles. The quantitative estimate of drug-likeness (QED) is 0.106. The number of aryl methyl sites for hydroxylation is 1. The van der Waals surface area contributed by atoms with E-state index >= 15 is 0 Å². The summed E-state index contributed by atoms with van der Waals surface area (Å²) < 4.78 is 24.8. The van der Waals surface area contributed by atoms with Crippen molar-refractivity contribution in [3.8, 4) is 28.8 Å². The molecule has 40 heavy (non-hydrogen) atoms. The summed E-state index contributed by atoms with van der Waals surface area (Å²) in [6.07, 6.45) is 0. The monoisotopic (exact) mass is 563 g/mol. The summed E-state index contributed by atoms with van der Waals surface area (Å²) >= 11 is 1.11. The van der Waals surface area contributed by atoms with Crippen LogP contribution >= 0.6 is 11.8 Å². The number of para-hydroxylation sites is 2. The van der Waals surface area contributed by atoms with Gasteiger partial charge < -0.3 is 18.9 Å².